The molecule has 0 bridgehead atoms. The fraction of sp³-hybridized carbons (Fsp3) is 0.417. The van der Waals surface area contributed by atoms with Gasteiger partial charge in [0.2, 0.25) is 0 Å². The Bertz CT molecular complexity index is 1150. The minimum Gasteiger partial charge on any atom is -0.508 e. The number of aryl methyl sites for hydroxylation is 1. The molecule has 2 fully saturated rings. The third kappa shape index (κ3) is 3.98. The summed E-state index contributed by atoms with van der Waals surface area (Å²) in [5, 5.41) is 15.4. The average Bonchev–Trinajstić information content (AvgIpc) is 3.16. The highest BCUT2D eigenvalue weighted by atomic mass is 16.6. The highest BCUT2D eigenvalue weighted by Crippen LogP contribution is 2.39. The third-order valence-electron chi connectivity index (χ3n) is 6.26. The molecule has 1 amide bonds. The van der Waals surface area contributed by atoms with E-state index in [9.17, 15) is 9.90 Å². The number of benzene rings is 2. The van der Waals surface area contributed by atoms with E-state index in [1.807, 2.05) is 29.9 Å². The van der Waals surface area contributed by atoms with E-state index in [-0.39, 0.29) is 24.2 Å². The zero-order chi connectivity index (χ0) is 22.2. The number of hydrogen-bond acceptors (Lipinski definition) is 6. The highest BCUT2D eigenvalue weighted by Gasteiger charge is 2.34. The fourth-order valence-electron chi connectivity index (χ4n) is 4.54. The molecule has 32 heavy (non-hydrogen) atoms. The summed E-state index contributed by atoms with van der Waals surface area (Å²) in [6.45, 7) is 2.70. The van der Waals surface area contributed by atoms with Crippen molar-refractivity contribution in [3.63, 3.8) is 0 Å². The van der Waals surface area contributed by atoms with Crippen LogP contribution in [0.4, 0.5) is 4.79 Å². The van der Waals surface area contributed by atoms with Crippen LogP contribution in [0, 0.1) is 6.92 Å². The molecule has 1 unspecified atom stereocenters. The van der Waals surface area contributed by atoms with Gasteiger partial charge in [0.05, 0.1) is 17.1 Å². The maximum absolute atomic E-state index is 11.0. The summed E-state index contributed by atoms with van der Waals surface area (Å²) >= 11 is 0. The number of aromatic hydroxyl groups is 1. The second-order valence-corrected chi connectivity index (χ2v) is 8.59. The Balaban J connectivity index is 1.52. The summed E-state index contributed by atoms with van der Waals surface area (Å²) in [6.07, 6.45) is 5.02. The maximum Gasteiger partial charge on any atom is 0.404 e. The number of nitrogens with two attached hydrogens (primary N) is 1. The number of hydrogen-bond donors (Lipinski definition) is 2. The molecule has 1 atom stereocenters. The Hall–Kier alpha value is -3.26. The number of carbonyl (C=O) groups is 1. The lowest BCUT2D eigenvalue weighted by Crippen LogP contribution is -2.41. The number of carbonyl (C=O) groups excluding carboxylic acids is 1. The van der Waals surface area contributed by atoms with Gasteiger partial charge in [-0.15, -0.1) is 0 Å². The van der Waals surface area contributed by atoms with Crippen LogP contribution >= 0.6 is 0 Å². The van der Waals surface area contributed by atoms with Crippen molar-refractivity contribution < 1.29 is 24.1 Å². The Morgan fingerprint density at radius 3 is 2.78 bits per heavy atom. The van der Waals surface area contributed by atoms with Crippen molar-refractivity contribution in [1.82, 2.24) is 9.78 Å². The first-order valence-electron chi connectivity index (χ1n) is 11.0. The zero-order valence-corrected chi connectivity index (χ0v) is 18.0. The van der Waals surface area contributed by atoms with Crippen molar-refractivity contribution in [3.8, 4) is 22.6 Å². The van der Waals surface area contributed by atoms with Gasteiger partial charge in [-0.1, -0.05) is 6.07 Å². The van der Waals surface area contributed by atoms with Gasteiger partial charge in [-0.2, -0.15) is 5.10 Å². The molecule has 3 aromatic rings. The van der Waals surface area contributed by atoms with E-state index in [1.54, 1.807) is 12.1 Å². The number of primary amides is 1. The standard InChI is InChI=1S/C24H27N3O5/c1-14-8-16(28)5-6-19(14)15-9-21-20(13-26-27(21)23-4-2-3-7-30-23)22(10-15)31-17-11-18(12-17)32-24(25)29/h5-6,8-10,13,17-18,23,28H,2-4,7,11-12H2,1H3,(H2,25,29). The number of rotatable bonds is 5. The minimum atomic E-state index is -0.755. The lowest BCUT2D eigenvalue weighted by Gasteiger charge is -2.34. The molecule has 168 valence electrons. The van der Waals surface area contributed by atoms with Crippen LogP contribution in [0.3, 0.4) is 0 Å². The second kappa shape index (κ2) is 8.35. The molecular weight excluding hydrogens is 410 g/mol. The molecule has 1 aromatic heterocycles. The molecular formula is C24H27N3O5. The molecule has 2 aliphatic rings. The van der Waals surface area contributed by atoms with E-state index in [0.29, 0.717) is 12.8 Å². The van der Waals surface area contributed by atoms with Crippen LogP contribution < -0.4 is 10.5 Å². The zero-order valence-electron chi connectivity index (χ0n) is 18.0. The predicted octanol–water partition coefficient (Wildman–Crippen LogP) is 4.42. The molecule has 0 radical (unpaired) electrons. The fourth-order valence-corrected chi connectivity index (χ4v) is 4.54. The van der Waals surface area contributed by atoms with E-state index in [4.69, 9.17) is 19.9 Å². The summed E-state index contributed by atoms with van der Waals surface area (Å²) in [6, 6.07) is 9.46. The number of phenolic OH excluding ortho intramolecular Hbond substituents is 1. The number of aromatic nitrogens is 2. The molecule has 8 heteroatoms. The van der Waals surface area contributed by atoms with E-state index >= 15 is 0 Å². The molecule has 5 rings (SSSR count). The summed E-state index contributed by atoms with van der Waals surface area (Å²) in [5.74, 6) is 0.967. The lowest BCUT2D eigenvalue weighted by molar-refractivity contribution is -0.0366. The van der Waals surface area contributed by atoms with Gasteiger partial charge in [-0.3, -0.25) is 0 Å². The van der Waals surface area contributed by atoms with Crippen LogP contribution in [0.2, 0.25) is 0 Å². The summed E-state index contributed by atoms with van der Waals surface area (Å²) in [4.78, 5) is 11.0. The van der Waals surface area contributed by atoms with Crippen LogP contribution in [-0.2, 0) is 9.47 Å². The molecule has 1 saturated carbocycles. The molecule has 1 aliphatic heterocycles. The van der Waals surface area contributed by atoms with E-state index in [2.05, 4.69) is 11.2 Å². The largest absolute Gasteiger partial charge is 0.508 e. The topological polar surface area (TPSA) is 109 Å². The van der Waals surface area contributed by atoms with Gasteiger partial charge in [0, 0.05) is 19.4 Å². The van der Waals surface area contributed by atoms with Gasteiger partial charge in [0.25, 0.3) is 0 Å². The first kappa shape index (κ1) is 20.6. The number of nitrogens with zero attached hydrogens (tertiary/aromatic N) is 2. The first-order chi connectivity index (χ1) is 15.5. The Kier molecular flexibility index (Phi) is 5.38. The van der Waals surface area contributed by atoms with Crippen LogP contribution in [0.5, 0.6) is 11.5 Å². The van der Waals surface area contributed by atoms with Crippen LogP contribution in [0.25, 0.3) is 22.0 Å². The molecule has 2 heterocycles. The SMILES string of the molecule is Cc1cc(O)ccc1-c1cc(OC2CC(OC(N)=O)C2)c2cnn(C3CCCCO3)c2c1. The maximum atomic E-state index is 11.0. The van der Waals surface area contributed by atoms with E-state index in [1.165, 1.54) is 0 Å². The Labute approximate surface area is 185 Å². The van der Waals surface area contributed by atoms with Crippen LogP contribution in [0.1, 0.15) is 43.9 Å². The van der Waals surface area contributed by atoms with Crippen LogP contribution in [-0.4, -0.2) is 39.8 Å². The first-order valence-corrected chi connectivity index (χ1v) is 11.0. The monoisotopic (exact) mass is 437 g/mol. The van der Waals surface area contributed by atoms with Crippen LogP contribution in [0.15, 0.2) is 36.5 Å². The van der Waals surface area contributed by atoms with Crippen molar-refractivity contribution in [1.29, 1.82) is 0 Å². The number of ether oxygens (including phenoxy) is 3. The molecule has 8 nitrogen and oxygen atoms in total. The van der Waals surface area contributed by atoms with Crippen molar-refractivity contribution in [2.45, 2.75) is 57.5 Å². The van der Waals surface area contributed by atoms with Crippen molar-refractivity contribution in [2.75, 3.05) is 6.61 Å². The minimum absolute atomic E-state index is 0.0620. The van der Waals surface area contributed by atoms with E-state index in [0.717, 1.165) is 59.2 Å². The van der Waals surface area contributed by atoms with Gasteiger partial charge < -0.3 is 25.1 Å². The molecule has 2 aromatic carbocycles. The smallest absolute Gasteiger partial charge is 0.404 e. The van der Waals surface area contributed by atoms with E-state index < -0.39 is 6.09 Å². The molecule has 0 spiro atoms. The summed E-state index contributed by atoms with van der Waals surface area (Å²) in [7, 11) is 0. The highest BCUT2D eigenvalue weighted by molar-refractivity contribution is 5.91. The van der Waals surface area contributed by atoms with Crippen molar-refractivity contribution in [3.05, 3.63) is 42.1 Å². The quantitative estimate of drug-likeness (QED) is 0.612. The molecule has 1 aliphatic carbocycles. The van der Waals surface area contributed by atoms with Crippen molar-refractivity contribution >= 4 is 17.0 Å². The number of amides is 1. The van der Waals surface area contributed by atoms with Gasteiger partial charge in [0.1, 0.15) is 23.7 Å². The lowest BCUT2D eigenvalue weighted by atomic mass is 9.91. The Morgan fingerprint density at radius 1 is 1.22 bits per heavy atom. The third-order valence-corrected chi connectivity index (χ3v) is 6.26. The molecule has 3 N–H and O–H groups in total. The second-order valence-electron chi connectivity index (χ2n) is 8.59. The predicted molar refractivity (Wildman–Crippen MR) is 119 cm³/mol. The Morgan fingerprint density at radius 2 is 2.06 bits per heavy atom. The number of fused-ring (bicyclic) bond motifs is 1. The normalized spacial score (nSPS) is 23.0. The number of phenols is 1. The summed E-state index contributed by atoms with van der Waals surface area (Å²) in [5.41, 5.74) is 9.02. The van der Waals surface area contributed by atoms with Gasteiger partial charge >= 0.3 is 6.09 Å². The molecule has 1 saturated heterocycles. The van der Waals surface area contributed by atoms with Gasteiger partial charge in [-0.25, -0.2) is 9.48 Å². The average molecular weight is 437 g/mol. The summed E-state index contributed by atoms with van der Waals surface area (Å²) < 4.78 is 19.3. The van der Waals surface area contributed by atoms with Gasteiger partial charge in [-0.05, 0) is 67.1 Å². The van der Waals surface area contributed by atoms with Crippen molar-refractivity contribution in [2.24, 2.45) is 5.73 Å². The van der Waals surface area contributed by atoms with Gasteiger partial charge in [0.15, 0.2) is 6.23 Å².